The number of esters is 1. The molecule has 194 valence electrons. The molecular weight excluding hydrogens is 480 g/mol. The number of nitrogens with one attached hydrogen (secondary N) is 1. The van der Waals surface area contributed by atoms with Crippen molar-refractivity contribution in [1.82, 2.24) is 10.2 Å². The van der Waals surface area contributed by atoms with E-state index in [0.717, 1.165) is 52.4 Å². The van der Waals surface area contributed by atoms with Crippen LogP contribution in [0.1, 0.15) is 34.0 Å². The lowest BCUT2D eigenvalue weighted by Crippen LogP contribution is -2.64. The molecule has 2 atom stereocenters. The van der Waals surface area contributed by atoms with Crippen LogP contribution in [0.3, 0.4) is 0 Å². The van der Waals surface area contributed by atoms with Crippen LogP contribution in [-0.2, 0) is 20.8 Å². The van der Waals surface area contributed by atoms with Gasteiger partial charge in [-0.15, -0.1) is 0 Å². The molecule has 0 bridgehead atoms. The van der Waals surface area contributed by atoms with Crippen LogP contribution in [0, 0.1) is 23.7 Å². The minimum atomic E-state index is -3.07. The van der Waals surface area contributed by atoms with Gasteiger partial charge >= 0.3 is 5.97 Å². The number of carbonyl (C=O) groups excluding carboxylic acids is 2. The van der Waals surface area contributed by atoms with E-state index < -0.39 is 29.9 Å². The first-order valence-electron chi connectivity index (χ1n) is 11.7. The summed E-state index contributed by atoms with van der Waals surface area (Å²) in [7, 11) is 1.03. The van der Waals surface area contributed by atoms with Gasteiger partial charge in [0.15, 0.2) is 6.04 Å². The average Bonchev–Trinajstić information content (AvgIpc) is 2.90. The average molecular weight is 510 g/mol. The van der Waals surface area contributed by atoms with Gasteiger partial charge in [-0.2, -0.15) is 0 Å². The highest BCUT2D eigenvalue weighted by Gasteiger charge is 2.45. The minimum Gasteiger partial charge on any atom is -0.467 e. The molecule has 9 heteroatoms. The second kappa shape index (κ2) is 13.0. The Kier molecular flexibility index (Phi) is 9.76. The number of hydrogen-bond donors (Lipinski definition) is 2. The van der Waals surface area contributed by atoms with Gasteiger partial charge in [-0.25, -0.2) is 13.6 Å². The zero-order valence-corrected chi connectivity index (χ0v) is 20.7. The summed E-state index contributed by atoms with van der Waals surface area (Å²) in [5.74, 6) is 9.65. The standard InChI is InChI=1S/C28H29F2N3O4/c1-28(31,27(29)30)24(26(35)36-2)32-25(34)23-13-11-21(12-14-23)6-4-3-5-20-7-9-22(10-8-20)19-33-15-17-37-18-16-33/h7-14,24,27H,15-19,31H2,1-2H3,(H,32,34)/t24-,28+/m1/s1. The molecule has 2 aromatic carbocycles. The molecule has 2 aromatic rings. The zero-order chi connectivity index (χ0) is 26.8. The van der Waals surface area contributed by atoms with Crippen LogP contribution in [0.15, 0.2) is 48.5 Å². The van der Waals surface area contributed by atoms with Crippen molar-refractivity contribution < 1.29 is 27.8 Å². The Morgan fingerprint density at radius 2 is 1.59 bits per heavy atom. The number of benzene rings is 2. The lowest BCUT2D eigenvalue weighted by Gasteiger charge is -2.31. The lowest BCUT2D eigenvalue weighted by molar-refractivity contribution is -0.146. The van der Waals surface area contributed by atoms with Crippen LogP contribution in [0.4, 0.5) is 8.78 Å². The summed E-state index contributed by atoms with van der Waals surface area (Å²) >= 11 is 0. The molecule has 0 unspecified atom stereocenters. The van der Waals surface area contributed by atoms with E-state index in [2.05, 4.69) is 50.8 Å². The topological polar surface area (TPSA) is 93.9 Å². The van der Waals surface area contributed by atoms with Crippen LogP contribution in [-0.4, -0.2) is 68.2 Å². The van der Waals surface area contributed by atoms with Gasteiger partial charge in [0.2, 0.25) is 0 Å². The molecule has 7 nitrogen and oxygen atoms in total. The van der Waals surface area contributed by atoms with Crippen molar-refractivity contribution in [2.45, 2.75) is 31.5 Å². The first-order valence-corrected chi connectivity index (χ1v) is 11.7. The maximum Gasteiger partial charge on any atom is 0.330 e. The van der Waals surface area contributed by atoms with Crippen molar-refractivity contribution in [2.75, 3.05) is 33.4 Å². The summed E-state index contributed by atoms with van der Waals surface area (Å²) in [5, 5.41) is 2.24. The third kappa shape index (κ3) is 7.86. The number of methoxy groups -OCH3 is 1. The number of nitrogens with two attached hydrogens (primary N) is 1. The number of carbonyl (C=O) groups is 2. The van der Waals surface area contributed by atoms with Gasteiger partial charge in [0.05, 0.1) is 20.3 Å². The van der Waals surface area contributed by atoms with E-state index >= 15 is 0 Å². The van der Waals surface area contributed by atoms with Crippen LogP contribution in [0.2, 0.25) is 0 Å². The molecule has 0 saturated carbocycles. The zero-order valence-electron chi connectivity index (χ0n) is 20.7. The quantitative estimate of drug-likeness (QED) is 0.439. The molecular formula is C28H29F2N3O4. The highest BCUT2D eigenvalue weighted by atomic mass is 19.3. The molecule has 0 radical (unpaired) electrons. The van der Waals surface area contributed by atoms with Gasteiger partial charge < -0.3 is 20.5 Å². The fourth-order valence-electron chi connectivity index (χ4n) is 3.55. The summed E-state index contributed by atoms with van der Waals surface area (Å²) in [6.07, 6.45) is -3.07. The molecule has 0 aliphatic carbocycles. The van der Waals surface area contributed by atoms with Gasteiger partial charge in [-0.1, -0.05) is 24.0 Å². The molecule has 0 aromatic heterocycles. The molecule has 3 N–H and O–H groups in total. The highest BCUT2D eigenvalue weighted by molar-refractivity contribution is 5.97. The maximum atomic E-state index is 13.3. The van der Waals surface area contributed by atoms with Crippen LogP contribution in [0.5, 0.6) is 0 Å². The molecule has 1 heterocycles. The number of rotatable bonds is 7. The summed E-state index contributed by atoms with van der Waals surface area (Å²) in [6, 6.07) is 12.4. The number of amides is 1. The Morgan fingerprint density at radius 3 is 2.11 bits per heavy atom. The fraction of sp³-hybridized carbons (Fsp3) is 0.357. The lowest BCUT2D eigenvalue weighted by atomic mass is 9.93. The van der Waals surface area contributed by atoms with E-state index in [-0.39, 0.29) is 5.56 Å². The second-order valence-electron chi connectivity index (χ2n) is 8.76. The van der Waals surface area contributed by atoms with Crippen LogP contribution < -0.4 is 11.1 Å². The number of alkyl halides is 2. The number of hydrogen-bond acceptors (Lipinski definition) is 6. The SMILES string of the molecule is COC(=O)[C@@H](NC(=O)c1ccc(C#CC#Cc2ccc(CN3CCOCC3)cc2)cc1)[C@](C)(N)C(F)F. The molecule has 1 saturated heterocycles. The molecule has 1 aliphatic heterocycles. The highest BCUT2D eigenvalue weighted by Crippen LogP contribution is 2.18. The first-order chi connectivity index (χ1) is 17.7. The van der Waals surface area contributed by atoms with Gasteiger partial charge in [0.25, 0.3) is 12.3 Å². The van der Waals surface area contributed by atoms with Crippen molar-refractivity contribution in [3.63, 3.8) is 0 Å². The minimum absolute atomic E-state index is 0.146. The Morgan fingerprint density at radius 1 is 1.05 bits per heavy atom. The van der Waals surface area contributed by atoms with Gasteiger partial charge in [0.1, 0.15) is 5.54 Å². The van der Waals surface area contributed by atoms with Crippen molar-refractivity contribution in [3.05, 3.63) is 70.8 Å². The second-order valence-corrected chi connectivity index (χ2v) is 8.76. The van der Waals surface area contributed by atoms with Crippen LogP contribution >= 0.6 is 0 Å². The van der Waals surface area contributed by atoms with Crippen molar-refractivity contribution in [2.24, 2.45) is 5.73 Å². The van der Waals surface area contributed by atoms with Gasteiger partial charge in [-0.3, -0.25) is 9.69 Å². The number of nitrogens with zero attached hydrogens (tertiary/aromatic N) is 1. The normalized spacial score (nSPS) is 15.8. The molecule has 1 aliphatic rings. The predicted molar refractivity (Wildman–Crippen MR) is 135 cm³/mol. The van der Waals surface area contributed by atoms with E-state index in [9.17, 15) is 18.4 Å². The molecule has 0 spiro atoms. The smallest absolute Gasteiger partial charge is 0.330 e. The summed E-state index contributed by atoms with van der Waals surface area (Å²) in [5.41, 5.74) is 6.09. The van der Waals surface area contributed by atoms with Crippen molar-refractivity contribution >= 4 is 11.9 Å². The summed E-state index contributed by atoms with van der Waals surface area (Å²) in [4.78, 5) is 26.8. The number of halogens is 2. The fourth-order valence-corrected chi connectivity index (χ4v) is 3.55. The summed E-state index contributed by atoms with van der Waals surface area (Å²) < 4.78 is 36.5. The molecule has 37 heavy (non-hydrogen) atoms. The third-order valence-electron chi connectivity index (χ3n) is 5.89. The number of morpholine rings is 1. The van der Waals surface area contributed by atoms with Gasteiger partial charge in [-0.05, 0) is 60.7 Å². The van der Waals surface area contributed by atoms with Gasteiger partial charge in [0, 0.05) is 36.3 Å². The summed E-state index contributed by atoms with van der Waals surface area (Å²) in [6.45, 7) is 5.25. The Labute approximate surface area is 215 Å². The first kappa shape index (κ1) is 27.8. The van der Waals surface area contributed by atoms with Crippen molar-refractivity contribution in [1.29, 1.82) is 0 Å². The third-order valence-corrected chi connectivity index (χ3v) is 5.89. The molecule has 1 amide bonds. The monoisotopic (exact) mass is 509 g/mol. The van der Waals surface area contributed by atoms with E-state index in [4.69, 9.17) is 10.5 Å². The Bertz CT molecular complexity index is 1200. The Balaban J connectivity index is 1.58. The maximum absolute atomic E-state index is 13.3. The Hall–Kier alpha value is -3.76. The van der Waals surface area contributed by atoms with E-state index in [1.54, 1.807) is 12.1 Å². The number of ether oxygens (including phenoxy) is 2. The van der Waals surface area contributed by atoms with E-state index in [1.807, 2.05) is 12.1 Å². The van der Waals surface area contributed by atoms with Crippen molar-refractivity contribution in [3.8, 4) is 23.7 Å². The largest absolute Gasteiger partial charge is 0.467 e. The van der Waals surface area contributed by atoms with E-state index in [0.29, 0.717) is 5.56 Å². The molecule has 1 fully saturated rings. The molecule has 3 rings (SSSR count). The predicted octanol–water partition coefficient (Wildman–Crippen LogP) is 2.18. The van der Waals surface area contributed by atoms with E-state index in [1.165, 1.54) is 17.7 Å². The van der Waals surface area contributed by atoms with Crippen LogP contribution in [0.25, 0.3) is 0 Å².